The number of carbonyl (C=O) groups is 1. The van der Waals surface area contributed by atoms with E-state index in [9.17, 15) is 13.2 Å². The second-order valence-electron chi connectivity index (χ2n) is 4.68. The van der Waals surface area contributed by atoms with E-state index in [4.69, 9.17) is 4.74 Å². The number of sulfonamides is 1. The Morgan fingerprint density at radius 3 is 2.54 bits per heavy atom. The molecule has 2 rings (SSSR count). The number of esters is 1. The Labute approximate surface area is 153 Å². The summed E-state index contributed by atoms with van der Waals surface area (Å²) in [5.41, 5.74) is 1.17. The Bertz CT molecular complexity index is 834. The van der Waals surface area contributed by atoms with Gasteiger partial charge in [0.25, 0.3) is 10.0 Å². The van der Waals surface area contributed by atoms with Gasteiger partial charge in [0.05, 0.1) is 27.3 Å². The van der Waals surface area contributed by atoms with Gasteiger partial charge in [0.2, 0.25) is 0 Å². The molecule has 1 heterocycles. The van der Waals surface area contributed by atoms with Crippen molar-refractivity contribution >= 4 is 54.6 Å². The highest BCUT2D eigenvalue weighted by Crippen LogP contribution is 2.30. The molecule has 0 fully saturated rings. The second kappa shape index (κ2) is 8.00. The van der Waals surface area contributed by atoms with Crippen LogP contribution in [-0.4, -0.2) is 27.5 Å². The zero-order valence-electron chi connectivity index (χ0n) is 13.1. The highest BCUT2D eigenvalue weighted by Gasteiger charge is 2.19. The molecule has 0 unspecified atom stereocenters. The van der Waals surface area contributed by atoms with E-state index >= 15 is 0 Å². The molecule has 2 aromatic rings. The first-order valence-electron chi connectivity index (χ1n) is 7.20. The Morgan fingerprint density at radius 2 is 1.96 bits per heavy atom. The van der Waals surface area contributed by atoms with E-state index in [1.807, 2.05) is 6.92 Å². The van der Waals surface area contributed by atoms with Gasteiger partial charge in [-0.05, 0) is 60.1 Å². The van der Waals surface area contributed by atoms with E-state index in [0.717, 1.165) is 15.1 Å². The highest BCUT2D eigenvalue weighted by molar-refractivity contribution is 9.11. The average molecular weight is 433 g/mol. The molecular formula is C15H17BrN2O4S2. The van der Waals surface area contributed by atoms with E-state index in [1.165, 1.54) is 12.1 Å². The molecule has 0 saturated heterocycles. The van der Waals surface area contributed by atoms with Crippen molar-refractivity contribution in [3.05, 3.63) is 39.7 Å². The zero-order chi connectivity index (χ0) is 17.7. The van der Waals surface area contributed by atoms with Gasteiger partial charge in [-0.2, -0.15) is 0 Å². The Balaban J connectivity index is 2.39. The summed E-state index contributed by atoms with van der Waals surface area (Å²) in [4.78, 5) is 11.9. The molecule has 6 nitrogen and oxygen atoms in total. The second-order valence-corrected chi connectivity index (χ2v) is 9.05. The van der Waals surface area contributed by atoms with E-state index in [1.54, 1.807) is 25.1 Å². The third-order valence-corrected chi connectivity index (χ3v) is 6.44. The van der Waals surface area contributed by atoms with Crippen LogP contribution in [0.2, 0.25) is 0 Å². The maximum absolute atomic E-state index is 12.5. The third kappa shape index (κ3) is 4.49. The lowest BCUT2D eigenvalue weighted by Crippen LogP contribution is -2.14. The van der Waals surface area contributed by atoms with Gasteiger partial charge in [0.1, 0.15) is 4.21 Å². The molecule has 1 aromatic heterocycles. The molecule has 0 radical (unpaired) electrons. The molecule has 0 amide bonds. The average Bonchev–Trinajstić information content (AvgIpc) is 2.96. The van der Waals surface area contributed by atoms with Crippen LogP contribution in [0.5, 0.6) is 0 Å². The molecule has 2 N–H and O–H groups in total. The minimum absolute atomic E-state index is 0.179. The fraction of sp³-hybridized carbons (Fsp3) is 0.267. The van der Waals surface area contributed by atoms with Gasteiger partial charge < -0.3 is 10.1 Å². The molecule has 0 bridgehead atoms. The molecule has 0 aliphatic heterocycles. The van der Waals surface area contributed by atoms with Crippen LogP contribution in [0.1, 0.15) is 24.2 Å². The molecule has 0 atom stereocenters. The number of hydrogen-bond acceptors (Lipinski definition) is 6. The number of thiophene rings is 1. The Morgan fingerprint density at radius 1 is 1.21 bits per heavy atom. The summed E-state index contributed by atoms with van der Waals surface area (Å²) in [5.74, 6) is -0.500. The number of anilines is 2. The molecule has 24 heavy (non-hydrogen) atoms. The number of benzene rings is 1. The first-order chi connectivity index (χ1) is 11.4. The standard InChI is InChI=1S/C15H17BrN2O4S2/c1-3-17-11-6-5-10(15(19)22-4-2)9-12(11)18-24(20,21)14-8-7-13(16)23-14/h5-9,17-18H,3-4H2,1-2H3. The van der Waals surface area contributed by atoms with Crippen molar-refractivity contribution in [2.75, 3.05) is 23.2 Å². The van der Waals surface area contributed by atoms with Crippen LogP contribution in [0.15, 0.2) is 38.3 Å². The van der Waals surface area contributed by atoms with Crippen LogP contribution in [-0.2, 0) is 14.8 Å². The van der Waals surface area contributed by atoms with E-state index < -0.39 is 16.0 Å². The van der Waals surface area contributed by atoms with E-state index in [2.05, 4.69) is 26.0 Å². The number of ether oxygens (including phenoxy) is 1. The van der Waals surface area contributed by atoms with Crippen molar-refractivity contribution < 1.29 is 17.9 Å². The lowest BCUT2D eigenvalue weighted by molar-refractivity contribution is 0.0526. The number of carbonyl (C=O) groups excluding carboxylic acids is 1. The molecule has 0 spiro atoms. The molecule has 1 aromatic carbocycles. The van der Waals surface area contributed by atoms with Gasteiger partial charge in [-0.3, -0.25) is 4.72 Å². The quantitative estimate of drug-likeness (QED) is 0.647. The molecule has 9 heteroatoms. The lowest BCUT2D eigenvalue weighted by Gasteiger charge is -2.14. The highest BCUT2D eigenvalue weighted by atomic mass is 79.9. The first-order valence-corrected chi connectivity index (χ1v) is 10.3. The Hall–Kier alpha value is -1.58. The summed E-state index contributed by atoms with van der Waals surface area (Å²) in [7, 11) is -3.74. The van der Waals surface area contributed by atoms with Crippen molar-refractivity contribution in [3.63, 3.8) is 0 Å². The fourth-order valence-electron chi connectivity index (χ4n) is 1.95. The summed E-state index contributed by atoms with van der Waals surface area (Å²) < 4.78 is 33.4. The van der Waals surface area contributed by atoms with Crippen LogP contribution in [0.4, 0.5) is 11.4 Å². The summed E-state index contributed by atoms with van der Waals surface area (Å²) >= 11 is 4.36. The summed E-state index contributed by atoms with van der Waals surface area (Å²) in [6, 6.07) is 7.89. The van der Waals surface area contributed by atoms with Crippen LogP contribution in [0.3, 0.4) is 0 Å². The topological polar surface area (TPSA) is 84.5 Å². The maximum Gasteiger partial charge on any atom is 0.338 e. The number of rotatable bonds is 7. The zero-order valence-corrected chi connectivity index (χ0v) is 16.3. The van der Waals surface area contributed by atoms with Crippen molar-refractivity contribution in [2.45, 2.75) is 18.1 Å². The molecule has 0 aliphatic rings. The van der Waals surface area contributed by atoms with Gasteiger partial charge in [0, 0.05) is 6.54 Å². The van der Waals surface area contributed by atoms with Crippen LogP contribution >= 0.6 is 27.3 Å². The van der Waals surface area contributed by atoms with E-state index in [-0.39, 0.29) is 16.4 Å². The van der Waals surface area contributed by atoms with Crippen molar-refractivity contribution in [2.24, 2.45) is 0 Å². The van der Waals surface area contributed by atoms with Crippen molar-refractivity contribution in [3.8, 4) is 0 Å². The van der Waals surface area contributed by atoms with Crippen LogP contribution < -0.4 is 10.0 Å². The minimum atomic E-state index is -3.74. The summed E-state index contributed by atoms with van der Waals surface area (Å²) in [6.07, 6.45) is 0. The SMILES string of the molecule is CCNc1ccc(C(=O)OCC)cc1NS(=O)(=O)c1ccc(Br)s1. The summed E-state index contributed by atoms with van der Waals surface area (Å²) in [5, 5.41) is 3.07. The van der Waals surface area contributed by atoms with Gasteiger partial charge in [0.15, 0.2) is 0 Å². The summed E-state index contributed by atoms with van der Waals surface area (Å²) in [6.45, 7) is 4.47. The van der Waals surface area contributed by atoms with E-state index in [0.29, 0.717) is 17.9 Å². The number of halogens is 1. The number of hydrogen-bond donors (Lipinski definition) is 2. The molecular weight excluding hydrogens is 416 g/mol. The van der Waals surface area contributed by atoms with Gasteiger partial charge >= 0.3 is 5.97 Å². The molecule has 0 saturated carbocycles. The third-order valence-electron chi connectivity index (χ3n) is 2.96. The minimum Gasteiger partial charge on any atom is -0.462 e. The predicted octanol–water partition coefficient (Wildman–Crippen LogP) is 3.92. The number of nitrogens with one attached hydrogen (secondary N) is 2. The monoisotopic (exact) mass is 432 g/mol. The van der Waals surface area contributed by atoms with Crippen LogP contribution in [0, 0.1) is 0 Å². The smallest absolute Gasteiger partial charge is 0.338 e. The Kier molecular flexibility index (Phi) is 6.25. The molecule has 130 valence electrons. The van der Waals surface area contributed by atoms with Crippen LogP contribution in [0.25, 0.3) is 0 Å². The molecule has 0 aliphatic carbocycles. The van der Waals surface area contributed by atoms with Gasteiger partial charge in [-0.25, -0.2) is 13.2 Å². The van der Waals surface area contributed by atoms with Gasteiger partial charge in [-0.1, -0.05) is 0 Å². The van der Waals surface area contributed by atoms with Gasteiger partial charge in [-0.15, -0.1) is 11.3 Å². The normalized spacial score (nSPS) is 11.1. The largest absolute Gasteiger partial charge is 0.462 e. The van der Waals surface area contributed by atoms with Crippen molar-refractivity contribution in [1.82, 2.24) is 0 Å². The maximum atomic E-state index is 12.5. The predicted molar refractivity (Wildman–Crippen MR) is 99.4 cm³/mol. The fourth-order valence-corrected chi connectivity index (χ4v) is 5.03. The first kappa shape index (κ1) is 18.8. The van der Waals surface area contributed by atoms with Crippen molar-refractivity contribution in [1.29, 1.82) is 0 Å². The lowest BCUT2D eigenvalue weighted by atomic mass is 10.1.